The van der Waals surface area contributed by atoms with Gasteiger partial charge in [-0.25, -0.2) is 4.79 Å². The Hall–Kier alpha value is -1.06. The van der Waals surface area contributed by atoms with E-state index in [0.29, 0.717) is 24.2 Å². The Morgan fingerprint density at radius 2 is 2.19 bits per heavy atom. The van der Waals surface area contributed by atoms with Crippen LogP contribution >= 0.6 is 0 Å². The van der Waals surface area contributed by atoms with Gasteiger partial charge in [0, 0.05) is 18.9 Å². The molecule has 0 aromatic heterocycles. The molecular formula is C12H19NO3. The van der Waals surface area contributed by atoms with Crippen LogP contribution in [-0.4, -0.2) is 24.0 Å². The van der Waals surface area contributed by atoms with Gasteiger partial charge in [-0.2, -0.15) is 0 Å². The lowest BCUT2D eigenvalue weighted by Crippen LogP contribution is -2.34. The van der Waals surface area contributed by atoms with E-state index >= 15 is 0 Å². The van der Waals surface area contributed by atoms with Crippen LogP contribution in [0, 0.1) is 17.8 Å². The summed E-state index contributed by atoms with van der Waals surface area (Å²) in [6.45, 7) is 6.09. The fraction of sp³-hybridized carbons (Fsp3) is 0.833. The van der Waals surface area contributed by atoms with Crippen LogP contribution in [-0.2, 0) is 9.53 Å². The minimum Gasteiger partial charge on any atom is -0.444 e. The van der Waals surface area contributed by atoms with Gasteiger partial charge >= 0.3 is 6.09 Å². The van der Waals surface area contributed by atoms with E-state index in [9.17, 15) is 9.59 Å². The molecule has 2 aliphatic rings. The van der Waals surface area contributed by atoms with Crippen molar-refractivity contribution >= 4 is 11.9 Å². The Bertz CT molecular complexity index is 319. The molecule has 0 unspecified atom stereocenters. The summed E-state index contributed by atoms with van der Waals surface area (Å²) < 4.78 is 5.13. The van der Waals surface area contributed by atoms with Crippen molar-refractivity contribution in [3.8, 4) is 0 Å². The largest absolute Gasteiger partial charge is 0.444 e. The van der Waals surface area contributed by atoms with Crippen LogP contribution in [0.4, 0.5) is 4.79 Å². The van der Waals surface area contributed by atoms with Crippen molar-refractivity contribution in [2.75, 3.05) is 6.54 Å². The first kappa shape index (κ1) is 11.4. The molecule has 0 saturated heterocycles. The number of rotatable bonds is 2. The number of Topliss-reactive ketones (excluding diaryl/α,β-unsaturated/α-hetero) is 1. The summed E-state index contributed by atoms with van der Waals surface area (Å²) in [5, 5.41) is 2.74. The number of nitrogens with one attached hydrogen (secondary N) is 1. The summed E-state index contributed by atoms with van der Waals surface area (Å²) >= 11 is 0. The second-order valence-corrected chi connectivity index (χ2v) is 5.74. The standard InChI is InChI=1S/C12H19NO3/c1-12(2,3)16-11(15)13-6-8-7-4-5-9(14)10(7)8/h7-8,10H,4-6H2,1-3H3,(H,13,15)/t7-,8-,10-/m1/s1. The van der Waals surface area contributed by atoms with E-state index in [1.165, 1.54) is 0 Å². The van der Waals surface area contributed by atoms with Crippen molar-refractivity contribution in [2.45, 2.75) is 39.2 Å². The quantitative estimate of drug-likeness (QED) is 0.778. The molecule has 0 spiro atoms. The van der Waals surface area contributed by atoms with E-state index in [2.05, 4.69) is 5.32 Å². The van der Waals surface area contributed by atoms with Crippen LogP contribution in [0.3, 0.4) is 0 Å². The smallest absolute Gasteiger partial charge is 0.407 e. The Kier molecular flexibility index (Phi) is 2.68. The van der Waals surface area contributed by atoms with Gasteiger partial charge < -0.3 is 10.1 Å². The summed E-state index contributed by atoms with van der Waals surface area (Å²) in [4.78, 5) is 22.7. The van der Waals surface area contributed by atoms with Gasteiger partial charge in [0.15, 0.2) is 0 Å². The van der Waals surface area contributed by atoms with Gasteiger partial charge in [0.2, 0.25) is 0 Å². The molecule has 90 valence electrons. The first-order valence-corrected chi connectivity index (χ1v) is 5.88. The van der Waals surface area contributed by atoms with Gasteiger partial charge in [0.05, 0.1) is 0 Å². The highest BCUT2D eigenvalue weighted by Crippen LogP contribution is 2.54. The number of carbonyl (C=O) groups excluding carboxylic acids is 2. The zero-order valence-electron chi connectivity index (χ0n) is 10.1. The van der Waals surface area contributed by atoms with E-state index in [0.717, 1.165) is 12.8 Å². The molecule has 3 atom stereocenters. The maximum absolute atomic E-state index is 11.4. The Morgan fingerprint density at radius 3 is 2.69 bits per heavy atom. The van der Waals surface area contributed by atoms with Crippen molar-refractivity contribution in [2.24, 2.45) is 17.8 Å². The average Bonchev–Trinajstić information content (AvgIpc) is 2.69. The van der Waals surface area contributed by atoms with E-state index in [1.54, 1.807) is 0 Å². The van der Waals surface area contributed by atoms with Gasteiger partial charge in [0.1, 0.15) is 11.4 Å². The van der Waals surface area contributed by atoms with Crippen molar-refractivity contribution in [3.63, 3.8) is 0 Å². The SMILES string of the molecule is CC(C)(C)OC(=O)NC[C@@H]1[C@H]2CCC(=O)[C@H]21. The monoisotopic (exact) mass is 225 g/mol. The van der Waals surface area contributed by atoms with Gasteiger partial charge in [-0.05, 0) is 39.0 Å². The lowest BCUT2D eigenvalue weighted by atomic mass is 10.1. The van der Waals surface area contributed by atoms with Crippen molar-refractivity contribution < 1.29 is 14.3 Å². The van der Waals surface area contributed by atoms with E-state index in [1.807, 2.05) is 20.8 Å². The topological polar surface area (TPSA) is 55.4 Å². The normalized spacial score (nSPS) is 32.2. The molecule has 0 aliphatic heterocycles. The highest BCUT2D eigenvalue weighted by Gasteiger charge is 2.57. The van der Waals surface area contributed by atoms with Crippen LogP contribution in [0.15, 0.2) is 0 Å². The van der Waals surface area contributed by atoms with Gasteiger partial charge in [-0.15, -0.1) is 0 Å². The fourth-order valence-electron chi connectivity index (χ4n) is 2.59. The Labute approximate surface area is 95.7 Å². The van der Waals surface area contributed by atoms with Gasteiger partial charge in [-0.3, -0.25) is 4.79 Å². The number of ketones is 1. The third-order valence-electron chi connectivity index (χ3n) is 3.31. The van der Waals surface area contributed by atoms with Crippen LogP contribution in [0.1, 0.15) is 33.6 Å². The molecule has 2 aliphatic carbocycles. The van der Waals surface area contributed by atoms with Crippen LogP contribution in [0.5, 0.6) is 0 Å². The van der Waals surface area contributed by atoms with E-state index in [4.69, 9.17) is 4.74 Å². The molecule has 0 aromatic rings. The van der Waals surface area contributed by atoms with Gasteiger partial charge in [0.25, 0.3) is 0 Å². The van der Waals surface area contributed by atoms with Crippen LogP contribution in [0.25, 0.3) is 0 Å². The van der Waals surface area contributed by atoms with Gasteiger partial charge in [-0.1, -0.05) is 0 Å². The molecule has 0 aromatic carbocycles. The number of hydrogen-bond donors (Lipinski definition) is 1. The third kappa shape index (κ3) is 2.36. The lowest BCUT2D eigenvalue weighted by Gasteiger charge is -2.19. The second-order valence-electron chi connectivity index (χ2n) is 5.74. The summed E-state index contributed by atoms with van der Waals surface area (Å²) in [6, 6.07) is 0. The van der Waals surface area contributed by atoms with Crippen molar-refractivity contribution in [3.05, 3.63) is 0 Å². The minimum atomic E-state index is -0.459. The number of carbonyl (C=O) groups is 2. The zero-order chi connectivity index (χ0) is 11.9. The predicted octanol–water partition coefficient (Wildman–Crippen LogP) is 1.74. The highest BCUT2D eigenvalue weighted by molar-refractivity contribution is 5.87. The average molecular weight is 225 g/mol. The Balaban J connectivity index is 1.70. The summed E-state index contributed by atoms with van der Waals surface area (Å²) in [5.74, 6) is 1.51. The van der Waals surface area contributed by atoms with E-state index < -0.39 is 5.60 Å². The number of ether oxygens (including phenoxy) is 1. The predicted molar refractivity (Wildman–Crippen MR) is 58.9 cm³/mol. The lowest BCUT2D eigenvalue weighted by molar-refractivity contribution is -0.119. The molecule has 2 saturated carbocycles. The molecule has 4 heteroatoms. The number of alkyl carbamates (subject to hydrolysis) is 1. The summed E-state index contributed by atoms with van der Waals surface area (Å²) in [7, 11) is 0. The molecule has 2 rings (SSSR count). The molecule has 1 N–H and O–H groups in total. The molecule has 0 radical (unpaired) electrons. The van der Waals surface area contributed by atoms with E-state index in [-0.39, 0.29) is 12.0 Å². The van der Waals surface area contributed by atoms with Crippen molar-refractivity contribution in [1.82, 2.24) is 5.32 Å². The molecule has 0 bridgehead atoms. The molecule has 4 nitrogen and oxygen atoms in total. The zero-order valence-corrected chi connectivity index (χ0v) is 10.1. The molecule has 2 fully saturated rings. The first-order chi connectivity index (χ1) is 7.38. The number of amides is 1. The maximum atomic E-state index is 11.4. The minimum absolute atomic E-state index is 0.231. The Morgan fingerprint density at radius 1 is 1.50 bits per heavy atom. The molecular weight excluding hydrogens is 206 g/mol. The van der Waals surface area contributed by atoms with Crippen LogP contribution in [0.2, 0.25) is 0 Å². The van der Waals surface area contributed by atoms with Crippen LogP contribution < -0.4 is 5.32 Å². The summed E-state index contributed by atoms with van der Waals surface area (Å²) in [5.41, 5.74) is -0.459. The highest BCUT2D eigenvalue weighted by atomic mass is 16.6. The fourth-order valence-corrected chi connectivity index (χ4v) is 2.59. The third-order valence-corrected chi connectivity index (χ3v) is 3.31. The van der Waals surface area contributed by atoms with Crippen molar-refractivity contribution in [1.29, 1.82) is 0 Å². The first-order valence-electron chi connectivity index (χ1n) is 5.88. The molecule has 0 heterocycles. The molecule has 1 amide bonds. The number of fused-ring (bicyclic) bond motifs is 1. The second kappa shape index (κ2) is 3.75. The maximum Gasteiger partial charge on any atom is 0.407 e. The summed E-state index contributed by atoms with van der Waals surface area (Å²) in [6.07, 6.45) is 1.35. The molecule has 16 heavy (non-hydrogen) atoms. The number of hydrogen-bond acceptors (Lipinski definition) is 3.